The smallest absolute Gasteiger partial charge is 0.161 e. The standard InChI is InChI=1S/C12H24N4O/c1-6-9(4)11(15-13)12-10(17-5)7-14-16(12)8(2)3/h7-9,11,15H,6,13H2,1-5H3. The predicted octanol–water partition coefficient (Wildman–Crippen LogP) is 2.02. The van der Waals surface area contributed by atoms with E-state index in [9.17, 15) is 0 Å². The van der Waals surface area contributed by atoms with E-state index < -0.39 is 0 Å². The van der Waals surface area contributed by atoms with Crippen LogP contribution in [-0.4, -0.2) is 16.9 Å². The Kier molecular flexibility index (Phi) is 4.96. The molecule has 5 heteroatoms. The fourth-order valence-corrected chi connectivity index (χ4v) is 1.97. The van der Waals surface area contributed by atoms with Crippen molar-refractivity contribution in [2.75, 3.05) is 7.11 Å². The average Bonchev–Trinajstić information content (AvgIpc) is 2.73. The van der Waals surface area contributed by atoms with Gasteiger partial charge in [-0.05, 0) is 19.8 Å². The summed E-state index contributed by atoms with van der Waals surface area (Å²) in [5, 5.41) is 4.37. The molecule has 2 unspecified atom stereocenters. The number of nitrogens with two attached hydrogens (primary N) is 1. The van der Waals surface area contributed by atoms with Gasteiger partial charge in [-0.3, -0.25) is 16.0 Å². The van der Waals surface area contributed by atoms with Gasteiger partial charge in [-0.1, -0.05) is 20.3 Å². The van der Waals surface area contributed by atoms with Crippen LogP contribution in [0.1, 0.15) is 51.9 Å². The highest BCUT2D eigenvalue weighted by Crippen LogP contribution is 2.32. The molecule has 1 aromatic rings. The number of methoxy groups -OCH3 is 1. The van der Waals surface area contributed by atoms with Crippen molar-refractivity contribution in [1.29, 1.82) is 0 Å². The van der Waals surface area contributed by atoms with E-state index >= 15 is 0 Å². The van der Waals surface area contributed by atoms with Gasteiger partial charge in [-0.15, -0.1) is 0 Å². The predicted molar refractivity (Wildman–Crippen MR) is 68.7 cm³/mol. The first kappa shape index (κ1) is 14.0. The van der Waals surface area contributed by atoms with Gasteiger partial charge in [-0.2, -0.15) is 5.10 Å². The molecule has 98 valence electrons. The zero-order valence-electron chi connectivity index (χ0n) is 11.4. The Balaban J connectivity index is 3.19. The summed E-state index contributed by atoms with van der Waals surface area (Å²) < 4.78 is 7.34. The quantitative estimate of drug-likeness (QED) is 0.590. The summed E-state index contributed by atoms with van der Waals surface area (Å²) in [5.41, 5.74) is 3.91. The van der Waals surface area contributed by atoms with Crippen molar-refractivity contribution < 1.29 is 4.74 Å². The van der Waals surface area contributed by atoms with Gasteiger partial charge in [0, 0.05) is 6.04 Å². The van der Waals surface area contributed by atoms with E-state index in [-0.39, 0.29) is 12.1 Å². The molecule has 0 aromatic carbocycles. The molecule has 2 atom stereocenters. The molecule has 0 bridgehead atoms. The normalized spacial score (nSPS) is 15.0. The lowest BCUT2D eigenvalue weighted by molar-refractivity contribution is 0.328. The van der Waals surface area contributed by atoms with E-state index in [0.29, 0.717) is 5.92 Å². The lowest BCUT2D eigenvalue weighted by Crippen LogP contribution is -2.34. The maximum absolute atomic E-state index is 5.69. The van der Waals surface area contributed by atoms with Crippen LogP contribution < -0.4 is 16.0 Å². The maximum atomic E-state index is 5.69. The van der Waals surface area contributed by atoms with Crippen molar-refractivity contribution in [2.24, 2.45) is 11.8 Å². The van der Waals surface area contributed by atoms with Crippen molar-refractivity contribution >= 4 is 0 Å². The van der Waals surface area contributed by atoms with Crippen LogP contribution in [0.2, 0.25) is 0 Å². The highest BCUT2D eigenvalue weighted by Gasteiger charge is 2.26. The second kappa shape index (κ2) is 6.02. The Morgan fingerprint density at radius 3 is 2.53 bits per heavy atom. The minimum absolute atomic E-state index is 0.0554. The van der Waals surface area contributed by atoms with Crippen molar-refractivity contribution in [3.8, 4) is 5.75 Å². The molecule has 5 nitrogen and oxygen atoms in total. The Bertz CT molecular complexity index is 348. The molecule has 0 saturated carbocycles. The summed E-state index contributed by atoms with van der Waals surface area (Å²) in [6.07, 6.45) is 2.79. The zero-order chi connectivity index (χ0) is 13.0. The summed E-state index contributed by atoms with van der Waals surface area (Å²) in [4.78, 5) is 0. The fraction of sp³-hybridized carbons (Fsp3) is 0.750. The van der Waals surface area contributed by atoms with Crippen molar-refractivity contribution in [3.63, 3.8) is 0 Å². The topological polar surface area (TPSA) is 65.1 Å². The third kappa shape index (κ3) is 2.79. The van der Waals surface area contributed by atoms with Gasteiger partial charge < -0.3 is 4.74 Å². The van der Waals surface area contributed by atoms with Gasteiger partial charge >= 0.3 is 0 Å². The van der Waals surface area contributed by atoms with E-state index in [1.807, 2.05) is 4.68 Å². The number of ether oxygens (including phenoxy) is 1. The van der Waals surface area contributed by atoms with Crippen LogP contribution >= 0.6 is 0 Å². The molecule has 0 spiro atoms. The second-order valence-corrected chi connectivity index (χ2v) is 4.67. The number of hydrazine groups is 1. The maximum Gasteiger partial charge on any atom is 0.161 e. The molecule has 0 radical (unpaired) electrons. The van der Waals surface area contributed by atoms with Gasteiger partial charge in [0.05, 0.1) is 25.0 Å². The molecule has 0 aliphatic rings. The minimum atomic E-state index is 0.0554. The van der Waals surface area contributed by atoms with Crippen LogP contribution in [-0.2, 0) is 0 Å². The molecule has 1 rings (SSSR count). The van der Waals surface area contributed by atoms with E-state index in [0.717, 1.165) is 17.9 Å². The summed E-state index contributed by atoms with van der Waals surface area (Å²) in [6, 6.07) is 0.341. The van der Waals surface area contributed by atoms with E-state index in [2.05, 4.69) is 38.2 Å². The van der Waals surface area contributed by atoms with E-state index in [4.69, 9.17) is 10.6 Å². The van der Waals surface area contributed by atoms with Crippen molar-refractivity contribution in [2.45, 2.75) is 46.2 Å². The van der Waals surface area contributed by atoms with Crippen LogP contribution in [0, 0.1) is 5.92 Å². The molecular weight excluding hydrogens is 216 g/mol. The molecule has 0 aliphatic heterocycles. The highest BCUT2D eigenvalue weighted by atomic mass is 16.5. The average molecular weight is 240 g/mol. The number of hydrogen-bond acceptors (Lipinski definition) is 4. The second-order valence-electron chi connectivity index (χ2n) is 4.67. The largest absolute Gasteiger partial charge is 0.493 e. The summed E-state index contributed by atoms with van der Waals surface area (Å²) in [5.74, 6) is 6.90. The summed E-state index contributed by atoms with van der Waals surface area (Å²) >= 11 is 0. The fourth-order valence-electron chi connectivity index (χ4n) is 1.97. The molecule has 17 heavy (non-hydrogen) atoms. The van der Waals surface area contributed by atoms with E-state index in [1.54, 1.807) is 13.3 Å². The van der Waals surface area contributed by atoms with Crippen LogP contribution in [0.5, 0.6) is 5.75 Å². The van der Waals surface area contributed by atoms with Gasteiger partial charge in [-0.25, -0.2) is 0 Å². The zero-order valence-corrected chi connectivity index (χ0v) is 11.4. The lowest BCUT2D eigenvalue weighted by Gasteiger charge is -2.25. The van der Waals surface area contributed by atoms with Crippen LogP contribution in [0.4, 0.5) is 0 Å². The SMILES string of the molecule is CCC(C)C(NN)c1c(OC)cnn1C(C)C. The van der Waals surface area contributed by atoms with Gasteiger partial charge in [0.2, 0.25) is 0 Å². The minimum Gasteiger partial charge on any atom is -0.493 e. The Morgan fingerprint density at radius 2 is 2.12 bits per heavy atom. The van der Waals surface area contributed by atoms with Gasteiger partial charge in [0.1, 0.15) is 0 Å². The summed E-state index contributed by atoms with van der Waals surface area (Å²) in [7, 11) is 1.66. The number of hydrogen-bond donors (Lipinski definition) is 2. The molecule has 0 fully saturated rings. The monoisotopic (exact) mass is 240 g/mol. The van der Waals surface area contributed by atoms with Crippen LogP contribution in [0.25, 0.3) is 0 Å². The summed E-state index contributed by atoms with van der Waals surface area (Å²) in [6.45, 7) is 8.51. The molecule has 1 aromatic heterocycles. The Labute approximate surface area is 103 Å². The van der Waals surface area contributed by atoms with Gasteiger partial charge in [0.25, 0.3) is 0 Å². The molecule has 1 heterocycles. The first-order valence-electron chi connectivity index (χ1n) is 6.14. The molecule has 3 N–H and O–H groups in total. The Hall–Kier alpha value is -1.07. The van der Waals surface area contributed by atoms with Crippen LogP contribution in [0.3, 0.4) is 0 Å². The number of nitrogens with one attached hydrogen (secondary N) is 1. The molecule has 0 saturated heterocycles. The first-order chi connectivity index (χ1) is 8.06. The number of nitrogens with zero attached hydrogens (tertiary/aromatic N) is 2. The third-order valence-corrected chi connectivity index (χ3v) is 3.19. The molecule has 0 amide bonds. The number of aromatic nitrogens is 2. The third-order valence-electron chi connectivity index (χ3n) is 3.19. The number of rotatable bonds is 6. The van der Waals surface area contributed by atoms with Crippen molar-refractivity contribution in [3.05, 3.63) is 11.9 Å². The molecule has 0 aliphatic carbocycles. The molecular formula is C12H24N4O. The Morgan fingerprint density at radius 1 is 1.47 bits per heavy atom. The van der Waals surface area contributed by atoms with Crippen LogP contribution in [0.15, 0.2) is 6.20 Å². The first-order valence-corrected chi connectivity index (χ1v) is 6.14. The lowest BCUT2D eigenvalue weighted by atomic mass is 9.96. The van der Waals surface area contributed by atoms with E-state index in [1.165, 1.54) is 0 Å². The highest BCUT2D eigenvalue weighted by molar-refractivity contribution is 5.29. The van der Waals surface area contributed by atoms with Crippen molar-refractivity contribution in [1.82, 2.24) is 15.2 Å². The van der Waals surface area contributed by atoms with Gasteiger partial charge in [0.15, 0.2) is 5.75 Å².